The Labute approximate surface area is 122 Å². The second-order valence-corrected chi connectivity index (χ2v) is 6.88. The van der Waals surface area contributed by atoms with E-state index in [2.05, 4.69) is 41.1 Å². The molecule has 18 heavy (non-hydrogen) atoms. The number of ether oxygens (including phenoxy) is 1. The SMILES string of the molecule is COc1ccc2c(c1)c(CSC)cn2[S+](C)C.[Cl-]. The Morgan fingerprint density at radius 3 is 2.61 bits per heavy atom. The lowest BCUT2D eigenvalue weighted by Crippen LogP contribution is -3.00. The van der Waals surface area contributed by atoms with Crippen molar-refractivity contribution >= 4 is 33.7 Å². The minimum absolute atomic E-state index is 0. The Balaban J connectivity index is 0.00000162. The molecule has 100 valence electrons. The van der Waals surface area contributed by atoms with Crippen LogP contribution >= 0.6 is 11.8 Å². The molecule has 2 aromatic rings. The van der Waals surface area contributed by atoms with Crippen molar-refractivity contribution in [2.45, 2.75) is 5.75 Å². The topological polar surface area (TPSA) is 14.2 Å². The summed E-state index contributed by atoms with van der Waals surface area (Å²) in [5, 5.41) is 1.32. The van der Waals surface area contributed by atoms with Crippen molar-refractivity contribution in [2.24, 2.45) is 0 Å². The maximum atomic E-state index is 5.31. The summed E-state index contributed by atoms with van der Waals surface area (Å²) < 4.78 is 7.67. The molecule has 0 saturated heterocycles. The Morgan fingerprint density at radius 2 is 2.06 bits per heavy atom. The molecule has 0 atom stereocenters. The zero-order valence-corrected chi connectivity index (χ0v) is 13.5. The number of thioether (sulfide) groups is 1. The van der Waals surface area contributed by atoms with Gasteiger partial charge in [0.25, 0.3) is 0 Å². The zero-order chi connectivity index (χ0) is 12.4. The predicted molar refractivity (Wildman–Crippen MR) is 80.3 cm³/mol. The molecule has 0 N–H and O–H groups in total. The quantitative estimate of drug-likeness (QED) is 0.747. The molecule has 1 aromatic heterocycles. The van der Waals surface area contributed by atoms with Crippen molar-refractivity contribution in [1.29, 1.82) is 0 Å². The minimum atomic E-state index is 0. The van der Waals surface area contributed by atoms with Crippen molar-refractivity contribution in [3.8, 4) is 5.75 Å². The summed E-state index contributed by atoms with van der Waals surface area (Å²) in [7, 11) is 1.72. The maximum absolute atomic E-state index is 5.31. The van der Waals surface area contributed by atoms with Crippen molar-refractivity contribution < 1.29 is 17.1 Å². The van der Waals surface area contributed by atoms with Gasteiger partial charge < -0.3 is 17.1 Å². The molecule has 5 heteroatoms. The fraction of sp³-hybridized carbons (Fsp3) is 0.385. The molecule has 2 nitrogen and oxygen atoms in total. The number of nitrogens with zero attached hydrogens (tertiary/aromatic N) is 1. The number of methoxy groups -OCH3 is 1. The fourth-order valence-corrected chi connectivity index (χ4v) is 3.38. The summed E-state index contributed by atoms with van der Waals surface area (Å²) in [5.74, 6) is 1.98. The normalized spacial score (nSPS) is 10.7. The van der Waals surface area contributed by atoms with Gasteiger partial charge >= 0.3 is 0 Å². The molecule has 0 aliphatic heterocycles. The van der Waals surface area contributed by atoms with Crippen LogP contribution in [0, 0.1) is 0 Å². The first-order valence-electron chi connectivity index (χ1n) is 5.42. The lowest BCUT2D eigenvalue weighted by atomic mass is 10.2. The predicted octanol–water partition coefficient (Wildman–Crippen LogP) is 0.158. The molecule has 0 unspecified atom stereocenters. The molecule has 2 rings (SSSR count). The van der Waals surface area contributed by atoms with E-state index in [0.717, 1.165) is 11.5 Å². The lowest BCUT2D eigenvalue weighted by molar-refractivity contribution is -0.00000393. The van der Waals surface area contributed by atoms with E-state index in [4.69, 9.17) is 4.74 Å². The molecule has 0 saturated carbocycles. The van der Waals surface area contributed by atoms with E-state index in [-0.39, 0.29) is 23.5 Å². The van der Waals surface area contributed by atoms with E-state index in [9.17, 15) is 0 Å². The van der Waals surface area contributed by atoms with Gasteiger partial charge in [-0.2, -0.15) is 15.7 Å². The van der Waals surface area contributed by atoms with Gasteiger partial charge in [0.2, 0.25) is 0 Å². The highest BCUT2D eigenvalue weighted by molar-refractivity contribution is 7.97. The third-order valence-electron chi connectivity index (χ3n) is 2.75. The Hall–Kier alpha value is -0.450. The summed E-state index contributed by atoms with van der Waals surface area (Å²) in [6.07, 6.45) is 8.91. The van der Waals surface area contributed by atoms with Crippen LogP contribution in [-0.2, 0) is 16.8 Å². The first-order valence-corrected chi connectivity index (χ1v) is 8.81. The first kappa shape index (κ1) is 15.6. The van der Waals surface area contributed by atoms with E-state index in [1.54, 1.807) is 7.11 Å². The summed E-state index contributed by atoms with van der Waals surface area (Å²) >= 11 is 2.08. The summed E-state index contributed by atoms with van der Waals surface area (Å²) in [6, 6.07) is 6.34. The molecule has 0 fully saturated rings. The highest BCUT2D eigenvalue weighted by Crippen LogP contribution is 2.29. The van der Waals surface area contributed by atoms with Crippen LogP contribution < -0.4 is 17.1 Å². The molecule has 0 aliphatic carbocycles. The summed E-state index contributed by atoms with van der Waals surface area (Å²) in [6.45, 7) is 0. The number of hydrogen-bond acceptors (Lipinski definition) is 2. The van der Waals surface area contributed by atoms with Crippen LogP contribution in [0.25, 0.3) is 10.9 Å². The molecule has 1 aromatic carbocycles. The molecule has 0 radical (unpaired) electrons. The van der Waals surface area contributed by atoms with Gasteiger partial charge in [-0.15, -0.1) is 0 Å². The van der Waals surface area contributed by atoms with E-state index in [1.807, 2.05) is 17.8 Å². The van der Waals surface area contributed by atoms with E-state index in [0.29, 0.717) is 0 Å². The van der Waals surface area contributed by atoms with Gasteiger partial charge in [-0.05, 0) is 30.0 Å². The highest BCUT2D eigenvalue weighted by Gasteiger charge is 2.16. The van der Waals surface area contributed by atoms with Crippen molar-refractivity contribution in [1.82, 2.24) is 3.97 Å². The van der Waals surface area contributed by atoms with Crippen molar-refractivity contribution in [3.63, 3.8) is 0 Å². The highest BCUT2D eigenvalue weighted by atomic mass is 35.5. The second-order valence-electron chi connectivity index (χ2n) is 4.07. The van der Waals surface area contributed by atoms with E-state index >= 15 is 0 Å². The van der Waals surface area contributed by atoms with E-state index in [1.165, 1.54) is 16.5 Å². The molecule has 0 aliphatic rings. The van der Waals surface area contributed by atoms with E-state index < -0.39 is 0 Å². The standard InChI is InChI=1S/C13H18NOS2.ClH/c1-15-11-5-6-13-12(7-11)10(9-16-2)8-14(13)17(3)4;/h5-8H,9H2,1-4H3;1H/q+1;/p-1. The van der Waals surface area contributed by atoms with Gasteiger partial charge in [-0.25, -0.2) is 0 Å². The monoisotopic (exact) mass is 303 g/mol. The number of fused-ring (bicyclic) bond motifs is 1. The number of halogens is 1. The van der Waals surface area contributed by atoms with Crippen molar-refractivity contribution in [2.75, 3.05) is 25.9 Å². The molecular weight excluding hydrogens is 286 g/mol. The number of rotatable bonds is 4. The van der Waals surface area contributed by atoms with Crippen LogP contribution in [0.5, 0.6) is 5.75 Å². The molecular formula is C13H18ClNOS2. The smallest absolute Gasteiger partial charge is 0.123 e. The van der Waals surface area contributed by atoms with Gasteiger partial charge in [-0.3, -0.25) is 0 Å². The van der Waals surface area contributed by atoms with Gasteiger partial charge in [0.1, 0.15) is 18.3 Å². The van der Waals surface area contributed by atoms with Gasteiger partial charge in [0.05, 0.1) is 29.9 Å². The van der Waals surface area contributed by atoms with Gasteiger partial charge in [-0.1, -0.05) is 0 Å². The van der Waals surface area contributed by atoms with Crippen LogP contribution in [0.1, 0.15) is 5.56 Å². The summed E-state index contributed by atoms with van der Waals surface area (Å²) in [4.78, 5) is 0. The third kappa shape index (κ3) is 2.92. The lowest BCUT2D eigenvalue weighted by Gasteiger charge is -2.02. The summed E-state index contributed by atoms with van der Waals surface area (Å²) in [5.41, 5.74) is 2.70. The van der Waals surface area contributed by atoms with Gasteiger partial charge in [0, 0.05) is 11.1 Å². The molecule has 0 amide bonds. The fourth-order valence-electron chi connectivity index (χ4n) is 1.94. The molecule has 0 bridgehead atoms. The third-order valence-corrected chi connectivity index (χ3v) is 4.44. The van der Waals surface area contributed by atoms with Crippen LogP contribution in [-0.4, -0.2) is 29.8 Å². The maximum Gasteiger partial charge on any atom is 0.123 e. The van der Waals surface area contributed by atoms with Crippen LogP contribution in [0.15, 0.2) is 24.4 Å². The number of aromatic nitrogens is 1. The minimum Gasteiger partial charge on any atom is -1.00 e. The number of hydrogen-bond donors (Lipinski definition) is 0. The Bertz CT molecular complexity index is 525. The Morgan fingerprint density at radius 1 is 1.33 bits per heavy atom. The molecule has 1 heterocycles. The van der Waals surface area contributed by atoms with Crippen LogP contribution in [0.3, 0.4) is 0 Å². The Kier molecular flexibility index (Phi) is 5.76. The zero-order valence-electron chi connectivity index (χ0n) is 11.1. The second kappa shape index (κ2) is 6.64. The van der Waals surface area contributed by atoms with Gasteiger partial charge in [0.15, 0.2) is 0 Å². The van der Waals surface area contributed by atoms with Crippen molar-refractivity contribution in [3.05, 3.63) is 30.0 Å². The average Bonchev–Trinajstić information content (AvgIpc) is 2.68. The molecule has 0 spiro atoms. The average molecular weight is 304 g/mol. The van der Waals surface area contributed by atoms with Crippen LogP contribution in [0.4, 0.5) is 0 Å². The van der Waals surface area contributed by atoms with Crippen LogP contribution in [0.2, 0.25) is 0 Å². The number of benzene rings is 1. The first-order chi connectivity index (χ1) is 8.17. The largest absolute Gasteiger partial charge is 1.00 e.